The maximum Gasteiger partial charge on any atom is 0.324 e. The van der Waals surface area contributed by atoms with Crippen LogP contribution in [0.3, 0.4) is 0 Å². The number of carbonyl (C=O) groups is 1. The molecule has 1 aromatic rings. The molecule has 2 aliphatic rings. The fourth-order valence-electron chi connectivity index (χ4n) is 2.13. The normalized spacial score (nSPS) is 21.7. The van der Waals surface area contributed by atoms with Gasteiger partial charge in [-0.1, -0.05) is 11.8 Å². The van der Waals surface area contributed by atoms with Crippen LogP contribution in [0.5, 0.6) is 0 Å². The number of thioether (sulfide) groups is 1. The molecular formula is C13H20N4O2S. The highest BCUT2D eigenvalue weighted by Gasteiger charge is 2.38. The number of hydrogen-bond acceptors (Lipinski definition) is 5. The molecule has 1 atom stereocenters. The molecule has 3 rings (SSSR count). The maximum absolute atomic E-state index is 11.3. The molecule has 1 heterocycles. The molecule has 110 valence electrons. The predicted octanol–water partition coefficient (Wildman–Crippen LogP) is 1.65. The van der Waals surface area contributed by atoms with E-state index in [4.69, 9.17) is 0 Å². The quantitative estimate of drug-likeness (QED) is 0.745. The first-order valence-corrected chi connectivity index (χ1v) is 8.03. The summed E-state index contributed by atoms with van der Waals surface area (Å²) in [6.45, 7) is 1.70. The van der Waals surface area contributed by atoms with E-state index in [9.17, 15) is 9.90 Å². The van der Waals surface area contributed by atoms with E-state index in [1.165, 1.54) is 37.4 Å². The van der Waals surface area contributed by atoms with Crippen molar-refractivity contribution >= 4 is 17.7 Å². The van der Waals surface area contributed by atoms with Crippen LogP contribution in [0.4, 0.5) is 0 Å². The van der Waals surface area contributed by atoms with Crippen LogP contribution < -0.4 is 5.32 Å². The molecule has 2 fully saturated rings. The number of carboxylic acids is 1. The Kier molecular flexibility index (Phi) is 3.50. The molecule has 7 heteroatoms. The van der Waals surface area contributed by atoms with E-state index in [2.05, 4.69) is 20.1 Å². The molecule has 0 spiro atoms. The van der Waals surface area contributed by atoms with E-state index in [1.807, 2.05) is 0 Å². The molecule has 0 radical (unpaired) electrons. The second kappa shape index (κ2) is 5.04. The number of aromatic nitrogens is 3. The van der Waals surface area contributed by atoms with E-state index in [0.29, 0.717) is 17.7 Å². The van der Waals surface area contributed by atoms with Crippen molar-refractivity contribution in [1.82, 2.24) is 20.1 Å². The van der Waals surface area contributed by atoms with Crippen molar-refractivity contribution in [3.63, 3.8) is 0 Å². The van der Waals surface area contributed by atoms with Gasteiger partial charge in [0, 0.05) is 17.7 Å². The van der Waals surface area contributed by atoms with Crippen molar-refractivity contribution in [2.75, 3.05) is 12.8 Å². The van der Waals surface area contributed by atoms with Crippen molar-refractivity contribution < 1.29 is 9.90 Å². The molecule has 0 aromatic carbocycles. The average Bonchev–Trinajstić information content (AvgIpc) is 3.34. The second-order valence-electron chi connectivity index (χ2n) is 5.89. The Balaban J connectivity index is 1.76. The lowest BCUT2D eigenvalue weighted by Gasteiger charge is -2.23. The number of aliphatic carboxylic acids is 1. The van der Waals surface area contributed by atoms with E-state index in [0.717, 1.165) is 11.0 Å². The van der Waals surface area contributed by atoms with E-state index < -0.39 is 11.5 Å². The molecule has 1 unspecified atom stereocenters. The van der Waals surface area contributed by atoms with Crippen molar-refractivity contribution in [2.45, 2.75) is 55.3 Å². The number of rotatable bonds is 7. The summed E-state index contributed by atoms with van der Waals surface area (Å²) in [4.78, 5) is 11.3. The van der Waals surface area contributed by atoms with Gasteiger partial charge in [-0.05, 0) is 39.7 Å². The third-order valence-corrected chi connectivity index (χ3v) is 5.32. The Labute approximate surface area is 122 Å². The highest BCUT2D eigenvalue weighted by Crippen LogP contribution is 2.46. The molecule has 0 aliphatic heterocycles. The van der Waals surface area contributed by atoms with Gasteiger partial charge in [-0.25, -0.2) is 0 Å². The summed E-state index contributed by atoms with van der Waals surface area (Å²) in [7, 11) is 1.68. The molecule has 0 bridgehead atoms. The fraction of sp³-hybridized carbons (Fsp3) is 0.769. The van der Waals surface area contributed by atoms with E-state index in [-0.39, 0.29) is 0 Å². The zero-order valence-electron chi connectivity index (χ0n) is 11.8. The molecule has 0 amide bonds. The Morgan fingerprint density at radius 1 is 1.45 bits per heavy atom. The number of nitrogens with one attached hydrogen (secondary N) is 1. The predicted molar refractivity (Wildman–Crippen MR) is 76.1 cm³/mol. The van der Waals surface area contributed by atoms with Gasteiger partial charge in [0.1, 0.15) is 11.4 Å². The third kappa shape index (κ3) is 2.56. The minimum absolute atomic E-state index is 0.439. The van der Waals surface area contributed by atoms with Crippen LogP contribution in [0.2, 0.25) is 0 Å². The zero-order valence-corrected chi connectivity index (χ0v) is 12.6. The van der Waals surface area contributed by atoms with Crippen molar-refractivity contribution in [2.24, 2.45) is 0 Å². The molecular weight excluding hydrogens is 276 g/mol. The first-order chi connectivity index (χ1) is 9.55. The smallest absolute Gasteiger partial charge is 0.324 e. The monoisotopic (exact) mass is 296 g/mol. The average molecular weight is 296 g/mol. The van der Waals surface area contributed by atoms with Gasteiger partial charge in [-0.2, -0.15) is 0 Å². The lowest BCUT2D eigenvalue weighted by molar-refractivity contribution is -0.142. The molecule has 2 N–H and O–H groups in total. The van der Waals surface area contributed by atoms with Gasteiger partial charge in [0.15, 0.2) is 5.16 Å². The van der Waals surface area contributed by atoms with Crippen LogP contribution in [0, 0.1) is 0 Å². The van der Waals surface area contributed by atoms with E-state index >= 15 is 0 Å². The Morgan fingerprint density at radius 2 is 2.15 bits per heavy atom. The van der Waals surface area contributed by atoms with Crippen LogP contribution in [-0.4, -0.2) is 44.2 Å². The molecule has 2 saturated carbocycles. The van der Waals surface area contributed by atoms with Crippen molar-refractivity contribution in [3.8, 4) is 0 Å². The summed E-state index contributed by atoms with van der Waals surface area (Å²) in [6.07, 6.45) is 4.79. The summed E-state index contributed by atoms with van der Waals surface area (Å²) in [5, 5.41) is 21.7. The van der Waals surface area contributed by atoms with Gasteiger partial charge in [-0.3, -0.25) is 4.79 Å². The molecule has 2 aliphatic carbocycles. The summed E-state index contributed by atoms with van der Waals surface area (Å²) < 4.78 is 2.25. The standard InChI is InChI=1S/C13H20N4O2S/c1-13(14-2,11(18)19)7-20-12-16-15-10(8-3-4-8)17(12)9-5-6-9/h8-9,14H,3-7H2,1-2H3,(H,18,19). The number of nitrogens with zero attached hydrogens (tertiary/aromatic N) is 3. The van der Waals surface area contributed by atoms with Crippen LogP contribution in [-0.2, 0) is 4.79 Å². The zero-order chi connectivity index (χ0) is 14.3. The van der Waals surface area contributed by atoms with Crippen molar-refractivity contribution in [1.29, 1.82) is 0 Å². The molecule has 1 aromatic heterocycles. The Hall–Kier alpha value is -1.08. The summed E-state index contributed by atoms with van der Waals surface area (Å²) in [6, 6.07) is 0.536. The van der Waals surface area contributed by atoms with Gasteiger partial charge in [0.2, 0.25) is 0 Å². The summed E-state index contributed by atoms with van der Waals surface area (Å²) in [5.41, 5.74) is -0.940. The number of likely N-dealkylation sites (N-methyl/N-ethyl adjacent to an activating group) is 1. The highest BCUT2D eigenvalue weighted by molar-refractivity contribution is 7.99. The second-order valence-corrected chi connectivity index (χ2v) is 6.83. The number of hydrogen-bond donors (Lipinski definition) is 2. The highest BCUT2D eigenvalue weighted by atomic mass is 32.2. The fourth-order valence-corrected chi connectivity index (χ4v) is 3.30. The van der Waals surface area contributed by atoms with Crippen LogP contribution >= 0.6 is 11.8 Å². The van der Waals surface area contributed by atoms with Crippen LogP contribution in [0.1, 0.15) is 50.4 Å². The summed E-state index contributed by atoms with van der Waals surface area (Å²) in [5.74, 6) is 1.28. The van der Waals surface area contributed by atoms with Gasteiger partial charge < -0.3 is 15.0 Å². The lowest BCUT2D eigenvalue weighted by atomic mass is 10.1. The topological polar surface area (TPSA) is 80.0 Å². The molecule has 0 saturated heterocycles. The number of carboxylic acid groups (broad SMARTS) is 1. The first-order valence-electron chi connectivity index (χ1n) is 7.05. The van der Waals surface area contributed by atoms with Crippen LogP contribution in [0.25, 0.3) is 0 Å². The van der Waals surface area contributed by atoms with Crippen molar-refractivity contribution in [3.05, 3.63) is 5.82 Å². The summed E-state index contributed by atoms with van der Waals surface area (Å²) >= 11 is 1.49. The lowest BCUT2D eigenvalue weighted by Crippen LogP contribution is -2.49. The Bertz CT molecular complexity index is 524. The maximum atomic E-state index is 11.3. The van der Waals surface area contributed by atoms with Gasteiger partial charge in [-0.15, -0.1) is 10.2 Å². The Morgan fingerprint density at radius 3 is 2.65 bits per heavy atom. The van der Waals surface area contributed by atoms with Crippen LogP contribution in [0.15, 0.2) is 5.16 Å². The largest absolute Gasteiger partial charge is 0.480 e. The molecule has 20 heavy (non-hydrogen) atoms. The van der Waals surface area contributed by atoms with Gasteiger partial charge in [0.05, 0.1) is 0 Å². The van der Waals surface area contributed by atoms with Gasteiger partial charge in [0.25, 0.3) is 0 Å². The molecule has 6 nitrogen and oxygen atoms in total. The minimum atomic E-state index is -0.940. The third-order valence-electron chi connectivity index (χ3n) is 4.06. The van der Waals surface area contributed by atoms with Gasteiger partial charge >= 0.3 is 5.97 Å². The first kappa shape index (κ1) is 13.9. The van der Waals surface area contributed by atoms with E-state index in [1.54, 1.807) is 14.0 Å². The minimum Gasteiger partial charge on any atom is -0.480 e. The SMILES string of the molecule is CNC(C)(CSc1nnc(C2CC2)n1C1CC1)C(=O)O.